The number of aromatic nitrogens is 6. The van der Waals surface area contributed by atoms with Crippen molar-refractivity contribution in [1.82, 2.24) is 29.5 Å². The van der Waals surface area contributed by atoms with Crippen LogP contribution in [0.1, 0.15) is 24.1 Å². The number of halogens is 2. The minimum absolute atomic E-state index is 0.0399. The maximum atomic E-state index is 14.0. The number of aromatic amines is 2. The van der Waals surface area contributed by atoms with Crippen molar-refractivity contribution in [3.05, 3.63) is 68.6 Å². The third kappa shape index (κ3) is 3.74. The number of nitrogens with zero attached hydrogens (tertiary/aromatic N) is 5. The second kappa shape index (κ2) is 7.31. The zero-order valence-corrected chi connectivity index (χ0v) is 15.9. The topological polar surface area (TPSA) is 136 Å². The van der Waals surface area contributed by atoms with E-state index in [0.717, 1.165) is 18.9 Å². The van der Waals surface area contributed by atoms with Crippen molar-refractivity contribution < 1.29 is 13.9 Å². The van der Waals surface area contributed by atoms with E-state index in [1.165, 1.54) is 28.9 Å². The lowest BCUT2D eigenvalue weighted by atomic mass is 10.2. The summed E-state index contributed by atoms with van der Waals surface area (Å²) < 4.78 is 28.9. The highest BCUT2D eigenvalue weighted by atomic mass is 19.2. The van der Waals surface area contributed by atoms with Crippen molar-refractivity contribution in [3.8, 4) is 5.88 Å². The fourth-order valence-corrected chi connectivity index (χ4v) is 3.02. The summed E-state index contributed by atoms with van der Waals surface area (Å²) >= 11 is 0. The van der Waals surface area contributed by atoms with Crippen LogP contribution in [-0.4, -0.2) is 40.7 Å². The monoisotopic (exact) mass is 426 g/mol. The fourth-order valence-electron chi connectivity index (χ4n) is 3.02. The van der Waals surface area contributed by atoms with Crippen molar-refractivity contribution in [1.29, 1.82) is 0 Å². The van der Waals surface area contributed by atoms with Crippen LogP contribution in [0.25, 0.3) is 11.7 Å². The van der Waals surface area contributed by atoms with Crippen LogP contribution in [0.5, 0.6) is 5.88 Å². The molecule has 0 spiro atoms. The Balaban J connectivity index is 1.59. The smallest absolute Gasteiger partial charge is 0.326 e. The van der Waals surface area contributed by atoms with Gasteiger partial charge in [0.15, 0.2) is 17.3 Å². The maximum absolute atomic E-state index is 14.0. The molecule has 0 unspecified atom stereocenters. The van der Waals surface area contributed by atoms with Crippen molar-refractivity contribution in [2.45, 2.75) is 25.4 Å². The Morgan fingerprint density at radius 1 is 1.29 bits per heavy atom. The van der Waals surface area contributed by atoms with Gasteiger partial charge < -0.3 is 15.4 Å². The zero-order valence-electron chi connectivity index (χ0n) is 15.9. The number of hydrogen-bond acceptors (Lipinski definition) is 7. The molecular weight excluding hydrogens is 410 g/mol. The number of hydrogen-bond donors (Lipinski definition) is 4. The van der Waals surface area contributed by atoms with Crippen LogP contribution in [0.4, 0.5) is 14.7 Å². The molecule has 10 nitrogen and oxygen atoms in total. The lowest BCUT2D eigenvalue weighted by Gasteiger charge is -2.07. The van der Waals surface area contributed by atoms with Gasteiger partial charge >= 0.3 is 5.69 Å². The second-order valence-corrected chi connectivity index (χ2v) is 7.10. The van der Waals surface area contributed by atoms with E-state index in [2.05, 4.69) is 35.3 Å². The number of anilines is 1. The van der Waals surface area contributed by atoms with Gasteiger partial charge in [-0.15, -0.1) is 0 Å². The minimum atomic E-state index is -0.941. The molecule has 1 fully saturated rings. The van der Waals surface area contributed by atoms with Crippen molar-refractivity contribution in [2.24, 2.45) is 4.99 Å². The maximum Gasteiger partial charge on any atom is 0.326 e. The molecular formula is C19H16F2N8O2. The molecule has 0 atom stereocenters. The van der Waals surface area contributed by atoms with Gasteiger partial charge in [-0.3, -0.25) is 4.98 Å². The van der Waals surface area contributed by atoms with Crippen LogP contribution in [0.3, 0.4) is 0 Å². The number of imidazole rings is 1. The first-order chi connectivity index (χ1) is 15.0. The molecule has 3 heterocycles. The highest BCUT2D eigenvalue weighted by Crippen LogP contribution is 2.22. The molecule has 1 aliphatic carbocycles. The highest BCUT2D eigenvalue weighted by molar-refractivity contribution is 5.57. The molecule has 0 aliphatic heterocycles. The van der Waals surface area contributed by atoms with Crippen LogP contribution >= 0.6 is 0 Å². The second-order valence-electron chi connectivity index (χ2n) is 7.10. The van der Waals surface area contributed by atoms with E-state index in [9.17, 15) is 18.7 Å². The molecule has 31 heavy (non-hydrogen) atoms. The Hall–Kier alpha value is -4.09. The van der Waals surface area contributed by atoms with Crippen LogP contribution in [0, 0.1) is 11.6 Å². The van der Waals surface area contributed by atoms with Crippen molar-refractivity contribution in [2.75, 3.05) is 5.32 Å². The molecule has 5 rings (SSSR count). The third-order valence-electron chi connectivity index (χ3n) is 4.73. The summed E-state index contributed by atoms with van der Waals surface area (Å²) in [6.07, 6.45) is 4.89. The van der Waals surface area contributed by atoms with E-state index in [-0.39, 0.29) is 35.7 Å². The Kier molecular flexibility index (Phi) is 4.46. The molecule has 0 saturated heterocycles. The molecule has 0 amide bonds. The van der Waals surface area contributed by atoms with Gasteiger partial charge in [0.25, 0.3) is 5.62 Å². The van der Waals surface area contributed by atoms with Gasteiger partial charge in [-0.25, -0.2) is 18.6 Å². The normalized spacial score (nSPS) is 15.2. The van der Waals surface area contributed by atoms with Crippen molar-refractivity contribution in [3.63, 3.8) is 0 Å². The first-order valence-corrected chi connectivity index (χ1v) is 9.47. The lowest BCUT2D eigenvalue weighted by Crippen LogP contribution is -2.25. The van der Waals surface area contributed by atoms with Gasteiger partial charge in [-0.1, -0.05) is 12.1 Å². The average Bonchev–Trinajstić information content (AvgIpc) is 3.37. The molecule has 0 bridgehead atoms. The fraction of sp³-hybridized carbons (Fsp3) is 0.211. The number of aromatic hydroxyl groups is 1. The van der Waals surface area contributed by atoms with Crippen molar-refractivity contribution >= 4 is 17.7 Å². The van der Waals surface area contributed by atoms with E-state index in [1.54, 1.807) is 0 Å². The molecule has 0 radical (unpaired) electrons. The lowest BCUT2D eigenvalue weighted by molar-refractivity contribution is 0.454. The quantitative estimate of drug-likeness (QED) is 0.364. The Morgan fingerprint density at radius 3 is 2.87 bits per heavy atom. The van der Waals surface area contributed by atoms with Gasteiger partial charge in [0.2, 0.25) is 11.8 Å². The number of nitrogens with one attached hydrogen (secondary N) is 3. The summed E-state index contributed by atoms with van der Waals surface area (Å²) in [6, 6.07) is 4.07. The molecule has 3 aromatic heterocycles. The number of rotatable bonds is 5. The first kappa shape index (κ1) is 18.9. The summed E-state index contributed by atoms with van der Waals surface area (Å²) in [4.78, 5) is 29.4. The number of H-pyrrole nitrogens is 2. The van der Waals surface area contributed by atoms with E-state index in [4.69, 9.17) is 0 Å². The standard InChI is InChI=1S/C19H16F2N8O2/c20-12-3-1-2-9(14(12)21)7-22-17-26-15-10(6-13-16(30)27-19(31)25-13)8-23-29(15)18(28-17)24-11-4-5-11/h1-3,6,8,11,30H,4-5,7H2,(H,22,24,28)(H2,25,27,31). The predicted molar refractivity (Wildman–Crippen MR) is 105 cm³/mol. The minimum Gasteiger partial charge on any atom is -0.493 e. The molecule has 1 aliphatic rings. The Morgan fingerprint density at radius 2 is 2.13 bits per heavy atom. The van der Waals surface area contributed by atoms with E-state index in [1.807, 2.05) is 0 Å². The summed E-state index contributed by atoms with van der Waals surface area (Å²) in [6.45, 7) is -0.0399. The van der Waals surface area contributed by atoms with Gasteiger partial charge in [0.05, 0.1) is 12.2 Å². The van der Waals surface area contributed by atoms with Gasteiger partial charge in [0, 0.05) is 17.3 Å². The van der Waals surface area contributed by atoms with Gasteiger partial charge in [-0.2, -0.15) is 19.6 Å². The molecule has 1 saturated carbocycles. The molecule has 4 aromatic rings. The Labute approximate surface area is 172 Å². The molecule has 1 aromatic carbocycles. The predicted octanol–water partition coefficient (Wildman–Crippen LogP) is 0.347. The van der Waals surface area contributed by atoms with E-state index >= 15 is 0 Å². The summed E-state index contributed by atoms with van der Waals surface area (Å²) in [5, 5.41) is 17.5. The van der Waals surface area contributed by atoms with Crippen LogP contribution in [0.15, 0.2) is 34.2 Å². The third-order valence-corrected chi connectivity index (χ3v) is 4.73. The van der Waals surface area contributed by atoms with Crippen LogP contribution < -0.4 is 21.8 Å². The van der Waals surface area contributed by atoms with E-state index in [0.29, 0.717) is 16.5 Å². The van der Waals surface area contributed by atoms with Gasteiger partial charge in [-0.05, 0) is 25.0 Å². The van der Waals surface area contributed by atoms with Crippen LogP contribution in [-0.2, 0) is 6.54 Å². The summed E-state index contributed by atoms with van der Waals surface area (Å²) in [5.41, 5.74) is 0.396. The SMILES string of the molecule is O=c1[nH]c(O)c(C=c2cnn3c(=NC4CC4)nc(NCc4cccc(F)c4F)nc23)[nH]1. The molecule has 4 N–H and O–H groups in total. The molecule has 158 valence electrons. The summed E-state index contributed by atoms with van der Waals surface area (Å²) in [5.74, 6) is -2.05. The van der Waals surface area contributed by atoms with Gasteiger partial charge in [0.1, 0.15) is 5.69 Å². The van der Waals surface area contributed by atoms with Crippen LogP contribution in [0.2, 0.25) is 0 Å². The van der Waals surface area contributed by atoms with E-state index < -0.39 is 17.3 Å². The average molecular weight is 426 g/mol. The Bertz CT molecular complexity index is 1470. The number of fused-ring (bicyclic) bond motifs is 1. The largest absolute Gasteiger partial charge is 0.493 e. The zero-order chi connectivity index (χ0) is 21.5. The highest BCUT2D eigenvalue weighted by Gasteiger charge is 2.21. The summed E-state index contributed by atoms with van der Waals surface area (Å²) in [7, 11) is 0. The first-order valence-electron chi connectivity index (χ1n) is 9.47. The molecule has 12 heteroatoms. The number of benzene rings is 1.